The van der Waals surface area contributed by atoms with E-state index in [1.165, 1.54) is 10.6 Å². The van der Waals surface area contributed by atoms with Gasteiger partial charge in [-0.1, -0.05) is 24.3 Å². The Hall–Kier alpha value is -3.78. The number of nitrogens with one attached hydrogen (secondary N) is 1. The Bertz CT molecular complexity index is 1770. The number of benzene rings is 1. The first kappa shape index (κ1) is 45.3. The molecule has 0 saturated heterocycles. The highest BCUT2D eigenvalue weighted by Crippen LogP contribution is 2.32. The number of hydrogen-bond donors (Lipinski definition) is 1. The highest BCUT2D eigenvalue weighted by molar-refractivity contribution is 5.87. The van der Waals surface area contributed by atoms with Gasteiger partial charge in [0.25, 0.3) is 5.56 Å². The minimum absolute atomic E-state index is 0.118. The van der Waals surface area contributed by atoms with Crippen molar-refractivity contribution in [1.29, 1.82) is 0 Å². The van der Waals surface area contributed by atoms with Crippen molar-refractivity contribution < 1.29 is 52.2 Å². The summed E-state index contributed by atoms with van der Waals surface area (Å²) in [4.78, 5) is 46.7. The van der Waals surface area contributed by atoms with Crippen LogP contribution in [0.25, 0.3) is 28.6 Å². The molecule has 2 aliphatic rings. The van der Waals surface area contributed by atoms with Crippen LogP contribution in [0, 0.1) is 11.8 Å². The molecule has 5 rings (SSSR count). The monoisotopic (exact) mass is 816 g/mol. The molecule has 2 saturated carbocycles. The van der Waals surface area contributed by atoms with E-state index in [2.05, 4.69) is 4.98 Å². The van der Waals surface area contributed by atoms with Gasteiger partial charge >= 0.3 is 11.7 Å². The molecule has 17 heteroatoms. The van der Waals surface area contributed by atoms with Crippen molar-refractivity contribution in [3.05, 3.63) is 56.7 Å². The maximum absolute atomic E-state index is 13.3. The lowest BCUT2D eigenvalue weighted by Crippen LogP contribution is -2.41. The van der Waals surface area contributed by atoms with Crippen LogP contribution >= 0.6 is 0 Å². The molecule has 0 aliphatic heterocycles. The van der Waals surface area contributed by atoms with Crippen molar-refractivity contribution in [3.8, 4) is 11.4 Å². The number of esters is 1. The van der Waals surface area contributed by atoms with Gasteiger partial charge in [0.05, 0.1) is 112 Å². The van der Waals surface area contributed by atoms with Crippen molar-refractivity contribution in [2.75, 3.05) is 126 Å². The smallest absolute Gasteiger partial charge is 0.332 e. The second kappa shape index (κ2) is 26.3. The van der Waals surface area contributed by atoms with E-state index in [9.17, 15) is 14.4 Å². The molecule has 58 heavy (non-hydrogen) atoms. The summed E-state index contributed by atoms with van der Waals surface area (Å²) in [5.41, 5.74) is 1.72. The van der Waals surface area contributed by atoms with Crippen molar-refractivity contribution in [3.63, 3.8) is 0 Å². The summed E-state index contributed by atoms with van der Waals surface area (Å²) in [7, 11) is 1.64. The third kappa shape index (κ3) is 16.8. The number of rotatable bonds is 34. The standard InChI is InChI=1S/C41H60N4O13/c1-49-12-13-50-14-15-51-16-17-52-18-19-53-20-21-54-22-23-55-24-25-56-26-27-57-28-29-58-36(46)11-8-32-6-9-35(10-7-32)38-42-37-39(43-38)44(30-33-2-3-33)41(48)45(40(37)47)31-34-4-5-34/h6-11,33-34H,2-5,12-31H2,1H3,(H,42,43). The maximum atomic E-state index is 13.3. The second-order valence-electron chi connectivity index (χ2n) is 14.0. The van der Waals surface area contributed by atoms with Gasteiger partial charge in [-0.25, -0.2) is 14.6 Å². The van der Waals surface area contributed by atoms with E-state index >= 15 is 0 Å². The molecule has 2 heterocycles. The van der Waals surface area contributed by atoms with Gasteiger partial charge in [0.1, 0.15) is 17.9 Å². The molecule has 0 radical (unpaired) electrons. The summed E-state index contributed by atoms with van der Waals surface area (Å²) in [5.74, 6) is 0.875. The average Bonchev–Trinajstić information content (AvgIpc) is 4.18. The Morgan fingerprint density at radius 2 is 1.07 bits per heavy atom. The van der Waals surface area contributed by atoms with Crippen LogP contribution in [-0.2, 0) is 65.3 Å². The lowest BCUT2D eigenvalue weighted by Gasteiger charge is -2.10. The van der Waals surface area contributed by atoms with Gasteiger partial charge in [-0.15, -0.1) is 0 Å². The summed E-state index contributed by atoms with van der Waals surface area (Å²) < 4.78 is 56.7. The second-order valence-corrected chi connectivity index (χ2v) is 14.0. The summed E-state index contributed by atoms with van der Waals surface area (Å²) in [5, 5.41) is 0. The summed E-state index contributed by atoms with van der Waals surface area (Å²) >= 11 is 0. The maximum Gasteiger partial charge on any atom is 0.332 e. The molecule has 2 fully saturated rings. The van der Waals surface area contributed by atoms with Crippen LogP contribution in [-0.4, -0.2) is 151 Å². The normalized spacial score (nSPS) is 14.3. The van der Waals surface area contributed by atoms with E-state index in [-0.39, 0.29) is 24.5 Å². The van der Waals surface area contributed by atoms with Crippen LogP contribution in [0.1, 0.15) is 31.2 Å². The molecule has 1 aromatic carbocycles. The number of ether oxygens (including phenoxy) is 10. The number of nitrogens with zero attached hydrogens (tertiary/aromatic N) is 3. The Kier molecular flexibility index (Phi) is 20.6. The van der Waals surface area contributed by atoms with Crippen LogP contribution in [0.3, 0.4) is 0 Å². The number of methoxy groups -OCH3 is 1. The number of fused-ring (bicyclic) bond motifs is 1. The van der Waals surface area contributed by atoms with Crippen molar-refractivity contribution in [2.24, 2.45) is 11.8 Å². The number of imidazole rings is 1. The highest BCUT2D eigenvalue weighted by atomic mass is 16.6. The lowest BCUT2D eigenvalue weighted by molar-refractivity contribution is -0.139. The van der Waals surface area contributed by atoms with Gasteiger partial charge in [-0.3, -0.25) is 13.9 Å². The number of carbonyl (C=O) groups is 1. The van der Waals surface area contributed by atoms with E-state index in [4.69, 9.17) is 52.4 Å². The molecule has 0 bridgehead atoms. The molecular weight excluding hydrogens is 756 g/mol. The van der Waals surface area contributed by atoms with Crippen molar-refractivity contribution in [2.45, 2.75) is 38.8 Å². The topological polar surface area (TPSA) is 182 Å². The van der Waals surface area contributed by atoms with Gasteiger partial charge < -0.3 is 52.4 Å². The molecule has 0 unspecified atom stereocenters. The molecule has 0 atom stereocenters. The molecule has 1 N–H and O–H groups in total. The fraction of sp³-hybridized carbons (Fsp3) is 0.659. The SMILES string of the molecule is COCCOCCOCCOCCOCCOCCOCCOCCOCCOC(=O)C=Cc1ccc(-c2nc3c([nH]2)c(=O)n(CC2CC2)c(=O)n3CC2CC2)cc1. The first-order valence-corrected chi connectivity index (χ1v) is 20.3. The Labute approximate surface area is 338 Å². The minimum Gasteiger partial charge on any atom is -0.460 e. The van der Waals surface area contributed by atoms with Crippen LogP contribution in [0.4, 0.5) is 0 Å². The number of hydrogen-bond acceptors (Lipinski definition) is 14. The molecule has 0 spiro atoms. The average molecular weight is 817 g/mol. The third-order valence-corrected chi connectivity index (χ3v) is 9.24. The van der Waals surface area contributed by atoms with E-state index in [0.717, 1.165) is 36.8 Å². The van der Waals surface area contributed by atoms with Gasteiger partial charge in [0, 0.05) is 31.8 Å². The van der Waals surface area contributed by atoms with Gasteiger partial charge in [-0.2, -0.15) is 0 Å². The highest BCUT2D eigenvalue weighted by Gasteiger charge is 2.28. The minimum atomic E-state index is -0.481. The van der Waals surface area contributed by atoms with Gasteiger partial charge in [0.15, 0.2) is 5.65 Å². The summed E-state index contributed by atoms with van der Waals surface area (Å²) in [6.45, 7) is 9.18. The third-order valence-electron chi connectivity index (χ3n) is 9.24. The fourth-order valence-electron chi connectivity index (χ4n) is 5.70. The zero-order valence-electron chi connectivity index (χ0n) is 33.7. The van der Waals surface area contributed by atoms with E-state index in [1.807, 2.05) is 24.3 Å². The first-order chi connectivity index (χ1) is 28.5. The van der Waals surface area contributed by atoms with E-state index in [0.29, 0.717) is 148 Å². The Balaban J connectivity index is 0.829. The van der Waals surface area contributed by atoms with Crippen molar-refractivity contribution >= 4 is 23.2 Å². The number of aromatic amines is 1. The van der Waals surface area contributed by atoms with Gasteiger partial charge in [-0.05, 0) is 49.2 Å². The number of carbonyl (C=O) groups excluding carboxylic acids is 1. The Morgan fingerprint density at radius 1 is 0.638 bits per heavy atom. The predicted molar refractivity (Wildman–Crippen MR) is 214 cm³/mol. The zero-order valence-corrected chi connectivity index (χ0v) is 33.7. The van der Waals surface area contributed by atoms with Crippen LogP contribution in [0.15, 0.2) is 39.9 Å². The first-order valence-electron chi connectivity index (χ1n) is 20.3. The molecule has 2 aromatic heterocycles. The largest absolute Gasteiger partial charge is 0.460 e. The molecule has 2 aliphatic carbocycles. The molecule has 3 aromatic rings. The number of aromatic nitrogens is 4. The van der Waals surface area contributed by atoms with Crippen LogP contribution in [0.5, 0.6) is 0 Å². The molecule has 322 valence electrons. The van der Waals surface area contributed by atoms with E-state index in [1.54, 1.807) is 17.8 Å². The van der Waals surface area contributed by atoms with Gasteiger partial charge in [0.2, 0.25) is 0 Å². The lowest BCUT2D eigenvalue weighted by atomic mass is 10.1. The fourth-order valence-corrected chi connectivity index (χ4v) is 5.70. The van der Waals surface area contributed by atoms with Crippen LogP contribution < -0.4 is 11.2 Å². The van der Waals surface area contributed by atoms with E-state index < -0.39 is 5.97 Å². The molecular formula is C41H60N4O13. The predicted octanol–water partition coefficient (Wildman–Crippen LogP) is 2.71. The summed E-state index contributed by atoms with van der Waals surface area (Å²) in [6.07, 6.45) is 7.27. The molecule has 17 nitrogen and oxygen atoms in total. The zero-order chi connectivity index (χ0) is 40.6. The Morgan fingerprint density at radius 3 is 1.52 bits per heavy atom. The number of H-pyrrole nitrogens is 1. The molecule has 0 amide bonds. The quantitative estimate of drug-likeness (QED) is 0.0528. The summed E-state index contributed by atoms with van der Waals surface area (Å²) in [6, 6.07) is 7.40. The van der Waals surface area contributed by atoms with Crippen molar-refractivity contribution in [1.82, 2.24) is 19.1 Å². The van der Waals surface area contributed by atoms with Crippen LogP contribution in [0.2, 0.25) is 0 Å².